The van der Waals surface area contributed by atoms with E-state index < -0.39 is 6.09 Å². The largest absolute Gasteiger partial charge is 0.494 e. The molecule has 6 nitrogen and oxygen atoms in total. The second-order valence-corrected chi connectivity index (χ2v) is 8.57. The maximum atomic E-state index is 12.5. The zero-order valence-electron chi connectivity index (χ0n) is 18.4. The van der Waals surface area contributed by atoms with Gasteiger partial charge in [-0.1, -0.05) is 66.2 Å². The van der Waals surface area contributed by atoms with E-state index in [4.69, 9.17) is 9.84 Å². The molecule has 164 valence electrons. The highest BCUT2D eigenvalue weighted by atomic mass is 16.5. The fraction of sp³-hybridized carbons (Fsp3) is 0.652. The third-order valence-electron chi connectivity index (χ3n) is 4.94. The maximum absolute atomic E-state index is 12.5. The van der Waals surface area contributed by atoms with Crippen molar-refractivity contribution in [1.82, 2.24) is 10.6 Å². The summed E-state index contributed by atoms with van der Waals surface area (Å²) in [4.78, 5) is 23.3. The summed E-state index contributed by atoms with van der Waals surface area (Å²) in [6, 6.07) is 6.76. The average molecular weight is 407 g/mol. The zero-order chi connectivity index (χ0) is 21.7. The van der Waals surface area contributed by atoms with Crippen LogP contribution in [0, 0.1) is 5.41 Å². The molecular formula is C23H38N2O4. The van der Waals surface area contributed by atoms with Crippen molar-refractivity contribution in [2.75, 3.05) is 13.2 Å². The van der Waals surface area contributed by atoms with Crippen LogP contribution < -0.4 is 15.4 Å². The van der Waals surface area contributed by atoms with Gasteiger partial charge in [-0.3, -0.25) is 4.79 Å². The lowest BCUT2D eigenvalue weighted by molar-refractivity contribution is 0.0899. The molecule has 0 heterocycles. The first-order valence-corrected chi connectivity index (χ1v) is 10.7. The van der Waals surface area contributed by atoms with Crippen LogP contribution in [-0.4, -0.2) is 36.3 Å². The van der Waals surface area contributed by atoms with Gasteiger partial charge in [0, 0.05) is 12.1 Å². The number of carbonyl (C=O) groups is 2. The van der Waals surface area contributed by atoms with Crippen LogP contribution in [0.2, 0.25) is 0 Å². The molecule has 29 heavy (non-hydrogen) atoms. The second kappa shape index (κ2) is 13.1. The monoisotopic (exact) mass is 406 g/mol. The van der Waals surface area contributed by atoms with Crippen LogP contribution in [0.25, 0.3) is 0 Å². The molecule has 0 radical (unpaired) electrons. The Hall–Kier alpha value is -2.24. The molecule has 1 rings (SSSR count). The van der Waals surface area contributed by atoms with Gasteiger partial charge in [0.25, 0.3) is 5.91 Å². The molecule has 0 saturated heterocycles. The van der Waals surface area contributed by atoms with Gasteiger partial charge < -0.3 is 20.5 Å². The van der Waals surface area contributed by atoms with Gasteiger partial charge >= 0.3 is 6.09 Å². The molecule has 3 N–H and O–H groups in total. The van der Waals surface area contributed by atoms with Gasteiger partial charge in [-0.05, 0) is 36.1 Å². The molecule has 1 aromatic carbocycles. The van der Waals surface area contributed by atoms with Gasteiger partial charge in [0.15, 0.2) is 0 Å². The van der Waals surface area contributed by atoms with Crippen LogP contribution in [0.5, 0.6) is 5.75 Å². The molecule has 1 unspecified atom stereocenters. The van der Waals surface area contributed by atoms with Crippen LogP contribution in [-0.2, 0) is 0 Å². The molecule has 0 bridgehead atoms. The molecule has 2 amide bonds. The second-order valence-electron chi connectivity index (χ2n) is 8.57. The Morgan fingerprint density at radius 1 is 1.00 bits per heavy atom. The Morgan fingerprint density at radius 2 is 1.59 bits per heavy atom. The zero-order valence-corrected chi connectivity index (χ0v) is 18.4. The van der Waals surface area contributed by atoms with Crippen LogP contribution in [0.4, 0.5) is 4.79 Å². The number of hydrogen-bond donors (Lipinski definition) is 3. The molecule has 0 fully saturated rings. The average Bonchev–Trinajstić information content (AvgIpc) is 2.66. The summed E-state index contributed by atoms with van der Waals surface area (Å²) in [7, 11) is 0. The van der Waals surface area contributed by atoms with Gasteiger partial charge in [0.2, 0.25) is 0 Å². The number of carbonyl (C=O) groups excluding carboxylic acids is 1. The van der Waals surface area contributed by atoms with Crippen LogP contribution in [0.3, 0.4) is 0 Å². The van der Waals surface area contributed by atoms with Crippen molar-refractivity contribution in [3.63, 3.8) is 0 Å². The molecule has 0 saturated carbocycles. The molecule has 0 aliphatic rings. The highest BCUT2D eigenvalue weighted by molar-refractivity contribution is 5.94. The minimum Gasteiger partial charge on any atom is -0.494 e. The predicted octanol–water partition coefficient (Wildman–Crippen LogP) is 5.23. The number of hydrogen-bond acceptors (Lipinski definition) is 3. The number of amides is 2. The van der Waals surface area contributed by atoms with Crippen molar-refractivity contribution in [2.45, 2.75) is 78.7 Å². The SMILES string of the molecule is CCCCCCCCCOc1ccc(C(=O)NC(CNC(=O)O)C(C)(C)C)cc1. The van der Waals surface area contributed by atoms with Gasteiger partial charge in [-0.25, -0.2) is 4.79 Å². The number of benzene rings is 1. The Labute approximate surface area is 175 Å². The third kappa shape index (κ3) is 10.8. The normalized spacial score (nSPS) is 12.3. The Balaban J connectivity index is 2.43. The highest BCUT2D eigenvalue weighted by Crippen LogP contribution is 2.20. The van der Waals surface area contributed by atoms with Crippen LogP contribution in [0.15, 0.2) is 24.3 Å². The molecule has 0 aliphatic heterocycles. The van der Waals surface area contributed by atoms with E-state index in [0.29, 0.717) is 12.2 Å². The minimum atomic E-state index is -1.10. The lowest BCUT2D eigenvalue weighted by Crippen LogP contribution is -2.50. The molecule has 0 spiro atoms. The summed E-state index contributed by atoms with van der Waals surface area (Å²) in [5.41, 5.74) is 0.246. The number of ether oxygens (including phenoxy) is 1. The van der Waals surface area contributed by atoms with E-state index in [0.717, 1.165) is 12.2 Å². The number of carboxylic acid groups (broad SMARTS) is 1. The summed E-state index contributed by atoms with van der Waals surface area (Å²) in [6.07, 6.45) is 7.60. The molecule has 1 atom stereocenters. The highest BCUT2D eigenvalue weighted by Gasteiger charge is 2.27. The molecular weight excluding hydrogens is 368 g/mol. The summed E-state index contributed by atoms with van der Waals surface area (Å²) < 4.78 is 5.76. The number of rotatable bonds is 13. The Bertz CT molecular complexity index is 608. The van der Waals surface area contributed by atoms with Crippen molar-refractivity contribution in [3.05, 3.63) is 29.8 Å². The lowest BCUT2D eigenvalue weighted by Gasteiger charge is -2.31. The van der Waals surface area contributed by atoms with Crippen LogP contribution >= 0.6 is 0 Å². The molecule has 0 aromatic heterocycles. The van der Waals surface area contributed by atoms with Crippen molar-refractivity contribution < 1.29 is 19.4 Å². The summed E-state index contributed by atoms with van der Waals surface area (Å²) in [6.45, 7) is 8.95. The smallest absolute Gasteiger partial charge is 0.404 e. The molecule has 1 aromatic rings. The van der Waals surface area contributed by atoms with E-state index in [1.54, 1.807) is 24.3 Å². The fourth-order valence-corrected chi connectivity index (χ4v) is 2.96. The van der Waals surface area contributed by atoms with E-state index in [2.05, 4.69) is 17.6 Å². The molecule has 0 aliphatic carbocycles. The van der Waals surface area contributed by atoms with E-state index >= 15 is 0 Å². The summed E-state index contributed by atoms with van der Waals surface area (Å²) >= 11 is 0. The Morgan fingerprint density at radius 3 is 2.14 bits per heavy atom. The number of nitrogens with one attached hydrogen (secondary N) is 2. The van der Waals surface area contributed by atoms with E-state index in [9.17, 15) is 9.59 Å². The quantitative estimate of drug-likeness (QED) is 0.392. The topological polar surface area (TPSA) is 87.7 Å². The van der Waals surface area contributed by atoms with Gasteiger partial charge in [0.05, 0.1) is 12.6 Å². The van der Waals surface area contributed by atoms with E-state index in [-0.39, 0.29) is 23.9 Å². The standard InChI is InChI=1S/C23H38N2O4/c1-5-6-7-8-9-10-11-16-29-19-14-12-18(13-15-19)21(26)25-20(23(2,3)4)17-24-22(27)28/h12-15,20,24H,5-11,16-17H2,1-4H3,(H,25,26)(H,27,28). The van der Waals surface area contributed by atoms with E-state index in [1.807, 2.05) is 20.8 Å². The van der Waals surface area contributed by atoms with Crippen molar-refractivity contribution in [3.8, 4) is 5.75 Å². The van der Waals surface area contributed by atoms with Crippen molar-refractivity contribution in [1.29, 1.82) is 0 Å². The van der Waals surface area contributed by atoms with Gasteiger partial charge in [-0.15, -0.1) is 0 Å². The Kier molecular flexibility index (Phi) is 11.2. The van der Waals surface area contributed by atoms with Gasteiger partial charge in [-0.2, -0.15) is 0 Å². The van der Waals surface area contributed by atoms with Crippen molar-refractivity contribution in [2.24, 2.45) is 5.41 Å². The maximum Gasteiger partial charge on any atom is 0.404 e. The van der Waals surface area contributed by atoms with Crippen LogP contribution in [0.1, 0.15) is 83.0 Å². The van der Waals surface area contributed by atoms with Gasteiger partial charge in [0.1, 0.15) is 5.75 Å². The lowest BCUT2D eigenvalue weighted by atomic mass is 9.86. The first-order chi connectivity index (χ1) is 13.7. The number of unbranched alkanes of at least 4 members (excludes halogenated alkanes) is 6. The minimum absolute atomic E-state index is 0.157. The summed E-state index contributed by atoms with van der Waals surface area (Å²) in [5.74, 6) is 0.531. The van der Waals surface area contributed by atoms with E-state index in [1.165, 1.54) is 38.5 Å². The third-order valence-corrected chi connectivity index (χ3v) is 4.94. The first kappa shape index (κ1) is 24.8. The summed E-state index contributed by atoms with van der Waals surface area (Å²) in [5, 5.41) is 14.1. The molecule has 6 heteroatoms. The van der Waals surface area contributed by atoms with Crippen molar-refractivity contribution >= 4 is 12.0 Å². The first-order valence-electron chi connectivity index (χ1n) is 10.7. The fourth-order valence-electron chi connectivity index (χ4n) is 2.96. The predicted molar refractivity (Wildman–Crippen MR) is 117 cm³/mol.